The summed E-state index contributed by atoms with van der Waals surface area (Å²) >= 11 is 4.18. The van der Waals surface area contributed by atoms with Gasteiger partial charge in [-0.3, -0.25) is 0 Å². The maximum atomic E-state index is 13.7. The SMILES string of the molecule is CCOC(=O)c1ncsc1Nc1c(F)cc(F)cc1Br. The summed E-state index contributed by atoms with van der Waals surface area (Å²) in [4.78, 5) is 15.5. The van der Waals surface area contributed by atoms with Crippen molar-refractivity contribution in [3.05, 3.63) is 39.4 Å². The minimum atomic E-state index is -0.778. The van der Waals surface area contributed by atoms with Gasteiger partial charge in [0, 0.05) is 10.5 Å². The zero-order chi connectivity index (χ0) is 14.7. The van der Waals surface area contributed by atoms with Gasteiger partial charge in [-0.15, -0.1) is 11.3 Å². The van der Waals surface area contributed by atoms with Gasteiger partial charge in [-0.05, 0) is 28.9 Å². The number of esters is 1. The number of carbonyl (C=O) groups is 1. The summed E-state index contributed by atoms with van der Waals surface area (Å²) in [5.41, 5.74) is 1.53. The number of benzene rings is 1. The van der Waals surface area contributed by atoms with Crippen LogP contribution in [0.4, 0.5) is 19.5 Å². The van der Waals surface area contributed by atoms with Gasteiger partial charge < -0.3 is 10.1 Å². The zero-order valence-corrected chi connectivity index (χ0v) is 12.6. The summed E-state index contributed by atoms with van der Waals surface area (Å²) in [5, 5.41) is 3.05. The third-order valence-electron chi connectivity index (χ3n) is 2.28. The van der Waals surface area contributed by atoms with E-state index >= 15 is 0 Å². The molecule has 1 heterocycles. The smallest absolute Gasteiger partial charge is 0.360 e. The van der Waals surface area contributed by atoms with E-state index in [1.165, 1.54) is 5.51 Å². The number of halogens is 3. The first-order valence-corrected chi connectivity index (χ1v) is 7.22. The molecule has 1 aromatic carbocycles. The first-order valence-electron chi connectivity index (χ1n) is 5.55. The van der Waals surface area contributed by atoms with Gasteiger partial charge in [0.15, 0.2) is 11.5 Å². The molecule has 20 heavy (non-hydrogen) atoms. The van der Waals surface area contributed by atoms with Gasteiger partial charge in [0.25, 0.3) is 0 Å². The lowest BCUT2D eigenvalue weighted by atomic mass is 10.3. The lowest BCUT2D eigenvalue weighted by Crippen LogP contribution is -2.08. The molecule has 0 saturated carbocycles. The summed E-state index contributed by atoms with van der Waals surface area (Å²) < 4.78 is 31.8. The van der Waals surface area contributed by atoms with Gasteiger partial charge in [-0.1, -0.05) is 0 Å². The van der Waals surface area contributed by atoms with Crippen LogP contribution in [-0.4, -0.2) is 17.6 Å². The highest BCUT2D eigenvalue weighted by Gasteiger charge is 2.18. The van der Waals surface area contributed by atoms with E-state index < -0.39 is 17.6 Å². The molecule has 1 N–H and O–H groups in total. The molecule has 0 radical (unpaired) electrons. The number of rotatable bonds is 4. The van der Waals surface area contributed by atoms with E-state index in [0.29, 0.717) is 5.00 Å². The molecule has 0 fully saturated rings. The molecule has 0 amide bonds. The van der Waals surface area contributed by atoms with Crippen LogP contribution in [0.1, 0.15) is 17.4 Å². The number of hydrogen-bond donors (Lipinski definition) is 1. The molecular formula is C12H9BrF2N2O2S. The Hall–Kier alpha value is -1.54. The second kappa shape index (κ2) is 6.27. The summed E-state index contributed by atoms with van der Waals surface area (Å²) in [7, 11) is 0. The highest BCUT2D eigenvalue weighted by molar-refractivity contribution is 9.10. The van der Waals surface area contributed by atoms with E-state index in [1.807, 2.05) is 0 Å². The van der Waals surface area contributed by atoms with E-state index in [4.69, 9.17) is 4.74 Å². The minimum absolute atomic E-state index is 0.0289. The average Bonchev–Trinajstić information content (AvgIpc) is 2.82. The quantitative estimate of drug-likeness (QED) is 0.831. The topological polar surface area (TPSA) is 51.2 Å². The van der Waals surface area contributed by atoms with Crippen molar-refractivity contribution in [2.24, 2.45) is 0 Å². The van der Waals surface area contributed by atoms with Crippen molar-refractivity contribution >= 4 is 43.9 Å². The third kappa shape index (κ3) is 3.13. The van der Waals surface area contributed by atoms with Crippen LogP contribution < -0.4 is 5.32 Å². The van der Waals surface area contributed by atoms with E-state index in [0.717, 1.165) is 23.5 Å². The second-order valence-corrected chi connectivity index (χ2v) is 5.33. The Labute approximate surface area is 125 Å². The van der Waals surface area contributed by atoms with Crippen molar-refractivity contribution in [2.75, 3.05) is 11.9 Å². The van der Waals surface area contributed by atoms with Crippen LogP contribution in [0.15, 0.2) is 22.1 Å². The number of hydrogen-bond acceptors (Lipinski definition) is 5. The fraction of sp³-hybridized carbons (Fsp3) is 0.167. The molecule has 4 nitrogen and oxygen atoms in total. The van der Waals surface area contributed by atoms with E-state index in [2.05, 4.69) is 26.2 Å². The van der Waals surface area contributed by atoms with Crippen molar-refractivity contribution in [3.8, 4) is 0 Å². The van der Waals surface area contributed by atoms with Crippen LogP contribution in [0.2, 0.25) is 0 Å². The fourth-order valence-electron chi connectivity index (χ4n) is 1.45. The zero-order valence-electron chi connectivity index (χ0n) is 10.2. The number of carbonyl (C=O) groups excluding carboxylic acids is 1. The standard InChI is InChI=1S/C12H9BrF2N2O2S/c1-2-19-12(18)10-11(20-5-16-10)17-9-7(13)3-6(14)4-8(9)15/h3-5,17H,2H2,1H3. The van der Waals surface area contributed by atoms with Crippen molar-refractivity contribution in [2.45, 2.75) is 6.92 Å². The Bertz CT molecular complexity index is 625. The highest BCUT2D eigenvalue weighted by atomic mass is 79.9. The predicted molar refractivity (Wildman–Crippen MR) is 75.4 cm³/mol. The molecule has 0 aliphatic carbocycles. The van der Waals surface area contributed by atoms with Gasteiger partial charge >= 0.3 is 5.97 Å². The van der Waals surface area contributed by atoms with Gasteiger partial charge in [0.05, 0.1) is 17.8 Å². The molecule has 2 aromatic rings. The first-order chi connectivity index (χ1) is 9.52. The minimum Gasteiger partial charge on any atom is -0.461 e. The number of nitrogens with one attached hydrogen (secondary N) is 1. The van der Waals surface area contributed by atoms with Crippen LogP contribution in [0.3, 0.4) is 0 Å². The third-order valence-corrected chi connectivity index (χ3v) is 3.65. The summed E-state index contributed by atoms with van der Waals surface area (Å²) in [6.07, 6.45) is 0. The number of nitrogens with zero attached hydrogens (tertiary/aromatic N) is 1. The number of ether oxygens (including phenoxy) is 1. The van der Waals surface area contributed by atoms with Crippen LogP contribution in [-0.2, 0) is 4.74 Å². The number of anilines is 2. The highest BCUT2D eigenvalue weighted by Crippen LogP contribution is 2.32. The Balaban J connectivity index is 2.32. The Morgan fingerprint density at radius 2 is 2.25 bits per heavy atom. The van der Waals surface area contributed by atoms with E-state index in [9.17, 15) is 13.6 Å². The fourth-order valence-corrected chi connectivity index (χ4v) is 2.63. The number of thiazole rings is 1. The van der Waals surface area contributed by atoms with E-state index in [-0.39, 0.29) is 22.5 Å². The van der Waals surface area contributed by atoms with Crippen molar-refractivity contribution in [1.29, 1.82) is 0 Å². The molecule has 0 unspecified atom stereocenters. The summed E-state index contributed by atoms with van der Waals surface area (Å²) in [5.74, 6) is -2.08. The van der Waals surface area contributed by atoms with Gasteiger partial charge in [-0.25, -0.2) is 18.6 Å². The van der Waals surface area contributed by atoms with E-state index in [1.54, 1.807) is 6.92 Å². The number of aromatic nitrogens is 1. The van der Waals surface area contributed by atoms with Gasteiger partial charge in [0.1, 0.15) is 10.8 Å². The van der Waals surface area contributed by atoms with Crippen LogP contribution in [0.25, 0.3) is 0 Å². The van der Waals surface area contributed by atoms with Crippen LogP contribution in [0.5, 0.6) is 0 Å². The Morgan fingerprint density at radius 3 is 2.90 bits per heavy atom. The molecule has 0 bridgehead atoms. The molecule has 0 aliphatic rings. The summed E-state index contributed by atoms with van der Waals surface area (Å²) in [6, 6.07) is 1.87. The van der Waals surface area contributed by atoms with Crippen molar-refractivity contribution < 1.29 is 18.3 Å². The van der Waals surface area contributed by atoms with Crippen molar-refractivity contribution in [1.82, 2.24) is 4.98 Å². The van der Waals surface area contributed by atoms with Crippen molar-refractivity contribution in [3.63, 3.8) is 0 Å². The second-order valence-electron chi connectivity index (χ2n) is 3.62. The average molecular weight is 363 g/mol. The molecule has 0 aliphatic heterocycles. The molecule has 106 valence electrons. The first kappa shape index (κ1) is 14.9. The monoisotopic (exact) mass is 362 g/mol. The molecular weight excluding hydrogens is 354 g/mol. The molecule has 2 rings (SSSR count). The molecule has 8 heteroatoms. The Morgan fingerprint density at radius 1 is 1.50 bits per heavy atom. The normalized spacial score (nSPS) is 10.4. The lowest BCUT2D eigenvalue weighted by molar-refractivity contribution is 0.0521. The van der Waals surface area contributed by atoms with Crippen LogP contribution >= 0.6 is 27.3 Å². The molecule has 0 atom stereocenters. The molecule has 0 spiro atoms. The Kier molecular flexibility index (Phi) is 4.66. The summed E-state index contributed by atoms with van der Waals surface area (Å²) in [6.45, 7) is 1.89. The van der Waals surface area contributed by atoms with Gasteiger partial charge in [-0.2, -0.15) is 0 Å². The molecule has 1 aromatic heterocycles. The lowest BCUT2D eigenvalue weighted by Gasteiger charge is -2.09. The molecule has 0 saturated heterocycles. The largest absolute Gasteiger partial charge is 0.461 e. The predicted octanol–water partition coefficient (Wildman–Crippen LogP) is 4.10. The van der Waals surface area contributed by atoms with Gasteiger partial charge in [0.2, 0.25) is 0 Å². The maximum absolute atomic E-state index is 13.7. The maximum Gasteiger partial charge on any atom is 0.360 e. The van der Waals surface area contributed by atoms with Crippen LogP contribution in [0, 0.1) is 11.6 Å².